The Morgan fingerprint density at radius 1 is 0.889 bits per heavy atom. The molecule has 10 nitrogen and oxygen atoms in total. The zero-order valence-electron chi connectivity index (χ0n) is 19.2. The molecule has 0 radical (unpaired) electrons. The highest BCUT2D eigenvalue weighted by Crippen LogP contribution is 2.28. The van der Waals surface area contributed by atoms with E-state index in [1.54, 1.807) is 36.4 Å². The van der Waals surface area contributed by atoms with E-state index in [1.165, 1.54) is 38.1 Å². The van der Waals surface area contributed by atoms with Gasteiger partial charge in [-0.2, -0.15) is 3.71 Å². The minimum atomic E-state index is -4.05. The summed E-state index contributed by atoms with van der Waals surface area (Å²) in [4.78, 5) is 22.9. The Morgan fingerprint density at radius 2 is 1.39 bits per heavy atom. The summed E-state index contributed by atoms with van der Waals surface area (Å²) < 4.78 is 50.2. The van der Waals surface area contributed by atoms with Crippen molar-refractivity contribution in [1.29, 1.82) is 0 Å². The summed E-state index contributed by atoms with van der Waals surface area (Å²) in [5, 5.41) is 13.7. The number of benzene rings is 3. The molecule has 0 aliphatic heterocycles. The molecule has 0 spiro atoms. The highest BCUT2D eigenvalue weighted by molar-refractivity contribution is 8.10. The van der Waals surface area contributed by atoms with Gasteiger partial charge in [-0.15, -0.1) is 0 Å². The molecule has 3 aromatic carbocycles. The van der Waals surface area contributed by atoms with Gasteiger partial charge >= 0.3 is 0 Å². The van der Waals surface area contributed by atoms with Crippen LogP contribution in [0.5, 0.6) is 0 Å². The van der Waals surface area contributed by atoms with Crippen molar-refractivity contribution in [2.75, 3.05) is 20.5 Å². The summed E-state index contributed by atoms with van der Waals surface area (Å²) >= 11 is 6.01. The van der Waals surface area contributed by atoms with E-state index >= 15 is 0 Å². The molecule has 0 aromatic heterocycles. The maximum Gasteiger partial charge on any atom is 0.270 e. The van der Waals surface area contributed by atoms with E-state index < -0.39 is 30.9 Å². The van der Waals surface area contributed by atoms with Crippen LogP contribution in [0.2, 0.25) is 5.02 Å². The van der Waals surface area contributed by atoms with Crippen LogP contribution in [-0.2, 0) is 20.0 Å². The van der Waals surface area contributed by atoms with Crippen molar-refractivity contribution >= 4 is 54.6 Å². The van der Waals surface area contributed by atoms with Crippen molar-refractivity contribution in [3.05, 3.63) is 87.4 Å². The Balaban J connectivity index is 1.82. The summed E-state index contributed by atoms with van der Waals surface area (Å²) in [5.41, 5.74) is 1.52. The number of anilines is 2. The number of hydrogen-bond donors (Lipinski definition) is 1. The van der Waals surface area contributed by atoms with Gasteiger partial charge in [0.05, 0.1) is 32.7 Å². The minimum absolute atomic E-state index is 0.0140. The number of halogens is 1. The predicted molar refractivity (Wildman–Crippen MR) is 139 cm³/mol. The molecule has 0 aliphatic rings. The number of hydrogen-bond acceptors (Lipinski definition) is 7. The first-order chi connectivity index (χ1) is 16.9. The Kier molecular flexibility index (Phi) is 8.02. The van der Waals surface area contributed by atoms with E-state index in [2.05, 4.69) is 5.32 Å². The zero-order chi connectivity index (χ0) is 26.7. The molecule has 1 N–H and O–H groups in total. The molecule has 0 heterocycles. The molecule has 0 bridgehead atoms. The van der Waals surface area contributed by atoms with Crippen LogP contribution < -0.4 is 9.03 Å². The van der Waals surface area contributed by atoms with E-state index in [1.807, 2.05) is 0 Å². The van der Waals surface area contributed by atoms with E-state index in [0.29, 0.717) is 15.0 Å². The fourth-order valence-electron chi connectivity index (χ4n) is 3.25. The molecule has 0 atom stereocenters. The lowest BCUT2D eigenvalue weighted by Gasteiger charge is -2.22. The lowest BCUT2D eigenvalue weighted by atomic mass is 10.0. The molecule has 3 rings (SSSR count). The van der Waals surface area contributed by atoms with Gasteiger partial charge in [0.15, 0.2) is 0 Å². The van der Waals surface area contributed by atoms with Gasteiger partial charge < -0.3 is 5.32 Å². The molecule has 0 saturated heterocycles. The van der Waals surface area contributed by atoms with Crippen molar-refractivity contribution in [2.24, 2.45) is 0 Å². The number of non-ortho nitro benzene ring substituents is 1. The predicted octanol–water partition coefficient (Wildman–Crippen LogP) is 4.67. The summed E-state index contributed by atoms with van der Waals surface area (Å²) in [6.45, 7) is 2.74. The van der Waals surface area contributed by atoms with Crippen molar-refractivity contribution in [2.45, 2.75) is 13.8 Å². The Morgan fingerprint density at radius 3 is 1.86 bits per heavy atom. The number of nitro benzene ring substituents is 1. The second-order valence-corrected chi connectivity index (χ2v) is 12.3. The number of sulfonamides is 2. The van der Waals surface area contributed by atoms with Crippen LogP contribution in [0.25, 0.3) is 11.1 Å². The van der Waals surface area contributed by atoms with E-state index in [4.69, 9.17) is 11.6 Å². The van der Waals surface area contributed by atoms with Gasteiger partial charge in [0.25, 0.3) is 11.6 Å². The van der Waals surface area contributed by atoms with Crippen LogP contribution in [0.3, 0.4) is 0 Å². The fourth-order valence-corrected chi connectivity index (χ4v) is 6.82. The summed E-state index contributed by atoms with van der Waals surface area (Å²) in [6, 6.07) is 16.2. The number of nitrogens with one attached hydrogen (secondary N) is 1. The molecule has 0 saturated carbocycles. The largest absolute Gasteiger partial charge is 0.322 e. The van der Waals surface area contributed by atoms with Crippen LogP contribution in [-0.4, -0.2) is 39.2 Å². The summed E-state index contributed by atoms with van der Waals surface area (Å²) in [6.07, 6.45) is 0. The van der Waals surface area contributed by atoms with Gasteiger partial charge in [-0.3, -0.25) is 14.9 Å². The van der Waals surface area contributed by atoms with Gasteiger partial charge in [0.1, 0.15) is 0 Å². The number of nitro groups is 1. The number of rotatable bonds is 9. The smallest absolute Gasteiger partial charge is 0.270 e. The number of nitrogens with zero attached hydrogens (tertiary/aromatic N) is 2. The number of amides is 1. The van der Waals surface area contributed by atoms with Crippen molar-refractivity contribution in [1.82, 2.24) is 0 Å². The second kappa shape index (κ2) is 10.6. The van der Waals surface area contributed by atoms with Gasteiger partial charge in [0.2, 0.25) is 20.0 Å². The van der Waals surface area contributed by atoms with Gasteiger partial charge in [-0.1, -0.05) is 35.9 Å². The van der Waals surface area contributed by atoms with E-state index in [-0.39, 0.29) is 33.5 Å². The third-order valence-corrected chi connectivity index (χ3v) is 9.78. The molecular formula is C23H22ClN3O7S2. The van der Waals surface area contributed by atoms with Crippen molar-refractivity contribution < 1.29 is 26.6 Å². The van der Waals surface area contributed by atoms with Gasteiger partial charge in [0, 0.05) is 17.8 Å². The summed E-state index contributed by atoms with van der Waals surface area (Å²) in [7, 11) is -8.11. The molecule has 36 heavy (non-hydrogen) atoms. The lowest BCUT2D eigenvalue weighted by Crippen LogP contribution is -2.39. The first-order valence-electron chi connectivity index (χ1n) is 10.6. The summed E-state index contributed by atoms with van der Waals surface area (Å²) in [5.74, 6) is -1.36. The monoisotopic (exact) mass is 551 g/mol. The molecule has 3 aromatic rings. The molecule has 0 aliphatic carbocycles. The van der Waals surface area contributed by atoms with Crippen LogP contribution in [0.4, 0.5) is 17.1 Å². The minimum Gasteiger partial charge on any atom is -0.322 e. The third-order valence-electron chi connectivity index (χ3n) is 5.19. The number of carbonyl (C=O) groups excluding carboxylic acids is 1. The maximum atomic E-state index is 12.6. The Hall–Kier alpha value is -3.48. The quantitative estimate of drug-likeness (QED) is 0.300. The maximum absolute atomic E-state index is 12.6. The molecule has 0 fully saturated rings. The van der Waals surface area contributed by atoms with Crippen LogP contribution in [0.1, 0.15) is 24.2 Å². The molecule has 190 valence electrons. The topological polar surface area (TPSA) is 144 Å². The van der Waals surface area contributed by atoms with E-state index in [0.717, 1.165) is 11.6 Å². The highest BCUT2D eigenvalue weighted by atomic mass is 35.5. The lowest BCUT2D eigenvalue weighted by molar-refractivity contribution is -0.384. The second-order valence-electron chi connectivity index (χ2n) is 7.50. The highest BCUT2D eigenvalue weighted by Gasteiger charge is 2.31. The van der Waals surface area contributed by atoms with Crippen LogP contribution in [0.15, 0.2) is 66.7 Å². The van der Waals surface area contributed by atoms with Crippen LogP contribution in [0, 0.1) is 10.1 Å². The first-order valence-corrected chi connectivity index (χ1v) is 14.2. The van der Waals surface area contributed by atoms with Crippen LogP contribution >= 0.6 is 11.6 Å². The number of carbonyl (C=O) groups is 1. The average Bonchev–Trinajstić information content (AvgIpc) is 2.85. The van der Waals surface area contributed by atoms with Crippen molar-refractivity contribution in [3.63, 3.8) is 0 Å². The first kappa shape index (κ1) is 27.1. The Bertz CT molecular complexity index is 1470. The van der Waals surface area contributed by atoms with E-state index in [9.17, 15) is 31.7 Å². The molecule has 0 unspecified atom stereocenters. The molecule has 13 heteroatoms. The standard InChI is InChI=1S/C23H22ClN3O7S2/c1-3-35(31,32)27(36(33,34)4-2)19-11-7-17(8-12-19)16-5-9-18(10-6-16)25-23(28)21-15-20(26(29)30)13-14-22(21)24/h5-15H,3-4H2,1-2H3,(H,25,28). The fraction of sp³-hybridized carbons (Fsp3) is 0.174. The SMILES string of the molecule is CCS(=O)(=O)N(c1ccc(-c2ccc(NC(=O)c3cc([N+](=O)[O-])ccc3Cl)cc2)cc1)S(=O)(=O)CC. The van der Waals surface area contributed by atoms with Gasteiger partial charge in [-0.25, -0.2) is 16.8 Å². The normalized spacial score (nSPS) is 11.6. The molecular weight excluding hydrogens is 530 g/mol. The third kappa shape index (κ3) is 5.83. The molecule has 1 amide bonds. The average molecular weight is 552 g/mol. The van der Waals surface area contributed by atoms with Gasteiger partial charge in [-0.05, 0) is 55.3 Å². The zero-order valence-corrected chi connectivity index (χ0v) is 21.6. The van der Waals surface area contributed by atoms with Crippen molar-refractivity contribution in [3.8, 4) is 11.1 Å². The Labute approximate surface area is 213 Å².